The van der Waals surface area contributed by atoms with Crippen LogP contribution in [-0.2, 0) is 0 Å². The van der Waals surface area contributed by atoms with Gasteiger partial charge in [-0.25, -0.2) is 4.68 Å². The Morgan fingerprint density at radius 1 is 1.05 bits per heavy atom. The topological polar surface area (TPSA) is 68.5 Å². The van der Waals surface area contributed by atoms with Crippen LogP contribution >= 0.6 is 11.6 Å². The predicted molar refractivity (Wildman–Crippen MR) is 76.9 cm³/mol. The largest absolute Gasteiger partial charge is 0.357 e. The molecule has 0 spiro atoms. The molecule has 0 aliphatic rings. The van der Waals surface area contributed by atoms with Crippen molar-refractivity contribution in [3.05, 3.63) is 48.0 Å². The van der Waals surface area contributed by atoms with E-state index in [1.165, 1.54) is 0 Å². The first kappa shape index (κ1) is 12.6. The quantitative estimate of drug-likeness (QED) is 0.801. The standard InChI is InChI=1S/C13H11ClN6/c1-15-12-17-11(14)18-13(19-12)20-8-10(7-16-20)9-5-3-2-4-6-9/h2-8H,1H3,(H,15,17,18,19). The minimum atomic E-state index is 0.121. The first-order chi connectivity index (χ1) is 9.76. The van der Waals surface area contributed by atoms with Crippen LogP contribution in [0.3, 0.4) is 0 Å². The normalized spacial score (nSPS) is 10.5. The number of halogens is 1. The smallest absolute Gasteiger partial charge is 0.256 e. The first-order valence-corrected chi connectivity index (χ1v) is 6.34. The Hall–Kier alpha value is -2.47. The summed E-state index contributed by atoms with van der Waals surface area (Å²) in [7, 11) is 1.72. The highest BCUT2D eigenvalue weighted by Gasteiger charge is 2.08. The van der Waals surface area contributed by atoms with Crippen molar-refractivity contribution in [2.75, 3.05) is 12.4 Å². The fraction of sp³-hybridized carbons (Fsp3) is 0.0769. The van der Waals surface area contributed by atoms with Crippen molar-refractivity contribution < 1.29 is 0 Å². The average molecular weight is 287 g/mol. The first-order valence-electron chi connectivity index (χ1n) is 5.96. The summed E-state index contributed by atoms with van der Waals surface area (Å²) >= 11 is 5.86. The van der Waals surface area contributed by atoms with Crippen molar-refractivity contribution >= 4 is 17.5 Å². The van der Waals surface area contributed by atoms with Gasteiger partial charge in [-0.15, -0.1) is 0 Å². The Labute approximate surface area is 120 Å². The van der Waals surface area contributed by atoms with E-state index in [0.717, 1.165) is 11.1 Å². The van der Waals surface area contributed by atoms with Gasteiger partial charge in [-0.1, -0.05) is 30.3 Å². The van der Waals surface area contributed by atoms with E-state index in [9.17, 15) is 0 Å². The summed E-state index contributed by atoms with van der Waals surface area (Å²) in [6.45, 7) is 0. The number of nitrogens with zero attached hydrogens (tertiary/aromatic N) is 5. The van der Waals surface area contributed by atoms with Crippen LogP contribution in [0.15, 0.2) is 42.7 Å². The molecule has 0 aliphatic heterocycles. The molecule has 3 rings (SSSR count). The molecule has 100 valence electrons. The molecule has 0 amide bonds. The van der Waals surface area contributed by atoms with E-state index >= 15 is 0 Å². The van der Waals surface area contributed by atoms with Gasteiger partial charge in [-0.3, -0.25) is 0 Å². The average Bonchev–Trinajstić information content (AvgIpc) is 2.97. The van der Waals surface area contributed by atoms with Gasteiger partial charge in [0, 0.05) is 18.8 Å². The molecule has 2 heterocycles. The Bertz CT molecular complexity index is 725. The molecular weight excluding hydrogens is 276 g/mol. The Morgan fingerprint density at radius 2 is 1.85 bits per heavy atom. The van der Waals surface area contributed by atoms with Gasteiger partial charge in [-0.2, -0.15) is 20.1 Å². The molecule has 3 aromatic rings. The molecule has 1 N–H and O–H groups in total. The SMILES string of the molecule is CNc1nc(Cl)nc(-n2cc(-c3ccccc3)cn2)n1. The lowest BCUT2D eigenvalue weighted by Gasteiger charge is -2.02. The highest BCUT2D eigenvalue weighted by molar-refractivity contribution is 6.28. The summed E-state index contributed by atoms with van der Waals surface area (Å²) < 4.78 is 1.57. The molecule has 0 aliphatic carbocycles. The second kappa shape index (κ2) is 5.26. The summed E-state index contributed by atoms with van der Waals surface area (Å²) in [5.41, 5.74) is 2.06. The maximum atomic E-state index is 5.86. The van der Waals surface area contributed by atoms with Crippen molar-refractivity contribution in [2.45, 2.75) is 0 Å². The van der Waals surface area contributed by atoms with E-state index < -0.39 is 0 Å². The lowest BCUT2D eigenvalue weighted by atomic mass is 10.1. The third kappa shape index (κ3) is 2.46. The van der Waals surface area contributed by atoms with Gasteiger partial charge in [0.25, 0.3) is 5.95 Å². The third-order valence-corrected chi connectivity index (χ3v) is 2.88. The van der Waals surface area contributed by atoms with E-state index in [-0.39, 0.29) is 5.28 Å². The van der Waals surface area contributed by atoms with Crippen molar-refractivity contribution in [3.63, 3.8) is 0 Å². The minimum Gasteiger partial charge on any atom is -0.357 e. The number of hydrogen-bond donors (Lipinski definition) is 1. The van der Waals surface area contributed by atoms with Gasteiger partial charge in [-0.05, 0) is 17.2 Å². The molecule has 0 unspecified atom stereocenters. The highest BCUT2D eigenvalue weighted by atomic mass is 35.5. The number of aromatic nitrogens is 5. The van der Waals surface area contributed by atoms with Crippen LogP contribution in [-0.4, -0.2) is 31.8 Å². The zero-order chi connectivity index (χ0) is 13.9. The van der Waals surface area contributed by atoms with Crippen molar-refractivity contribution in [1.82, 2.24) is 24.7 Å². The van der Waals surface area contributed by atoms with Crippen LogP contribution in [0.1, 0.15) is 0 Å². The molecule has 7 heteroatoms. The summed E-state index contributed by atoms with van der Waals surface area (Å²) in [6.07, 6.45) is 3.60. The number of benzene rings is 1. The third-order valence-electron chi connectivity index (χ3n) is 2.71. The fourth-order valence-electron chi connectivity index (χ4n) is 1.77. The second-order valence-corrected chi connectivity index (χ2v) is 4.36. The summed E-state index contributed by atoms with van der Waals surface area (Å²) in [4.78, 5) is 12.2. The number of rotatable bonds is 3. The molecule has 2 aromatic heterocycles. The highest BCUT2D eigenvalue weighted by Crippen LogP contribution is 2.19. The fourth-order valence-corrected chi connectivity index (χ4v) is 1.92. The summed E-state index contributed by atoms with van der Waals surface area (Å²) in [6, 6.07) is 9.96. The number of anilines is 1. The minimum absolute atomic E-state index is 0.121. The lowest BCUT2D eigenvalue weighted by Crippen LogP contribution is -2.06. The van der Waals surface area contributed by atoms with Crippen LogP contribution in [0.4, 0.5) is 5.95 Å². The van der Waals surface area contributed by atoms with Crippen molar-refractivity contribution in [1.29, 1.82) is 0 Å². The predicted octanol–water partition coefficient (Wildman–Crippen LogP) is 2.42. The van der Waals surface area contributed by atoms with Gasteiger partial charge in [0.15, 0.2) is 0 Å². The van der Waals surface area contributed by atoms with Crippen molar-refractivity contribution in [2.24, 2.45) is 0 Å². The Balaban J connectivity index is 2.00. The molecule has 0 fully saturated rings. The molecule has 20 heavy (non-hydrogen) atoms. The van der Waals surface area contributed by atoms with Gasteiger partial charge >= 0.3 is 0 Å². The van der Waals surface area contributed by atoms with E-state index in [2.05, 4.69) is 25.4 Å². The molecule has 0 bridgehead atoms. The van der Waals surface area contributed by atoms with Gasteiger partial charge in [0.05, 0.1) is 6.20 Å². The van der Waals surface area contributed by atoms with Gasteiger partial charge in [0.2, 0.25) is 11.2 Å². The monoisotopic (exact) mass is 286 g/mol. The zero-order valence-electron chi connectivity index (χ0n) is 10.7. The van der Waals surface area contributed by atoms with Gasteiger partial charge in [0.1, 0.15) is 0 Å². The molecule has 0 atom stereocenters. The van der Waals surface area contributed by atoms with Crippen LogP contribution in [0.25, 0.3) is 17.1 Å². The molecule has 0 saturated heterocycles. The number of hydrogen-bond acceptors (Lipinski definition) is 5. The molecule has 1 aromatic carbocycles. The lowest BCUT2D eigenvalue weighted by molar-refractivity contribution is 0.797. The maximum Gasteiger partial charge on any atom is 0.256 e. The molecule has 0 saturated carbocycles. The van der Waals surface area contributed by atoms with Crippen LogP contribution in [0.2, 0.25) is 5.28 Å². The Kier molecular flexibility index (Phi) is 3.30. The van der Waals surface area contributed by atoms with Crippen LogP contribution < -0.4 is 5.32 Å². The van der Waals surface area contributed by atoms with E-state index in [0.29, 0.717) is 11.9 Å². The van der Waals surface area contributed by atoms with E-state index in [4.69, 9.17) is 11.6 Å². The number of nitrogens with one attached hydrogen (secondary N) is 1. The van der Waals surface area contributed by atoms with Crippen LogP contribution in [0, 0.1) is 0 Å². The summed E-state index contributed by atoms with van der Waals surface area (Å²) in [5.74, 6) is 0.772. The van der Waals surface area contributed by atoms with Crippen LogP contribution in [0.5, 0.6) is 0 Å². The molecule has 6 nitrogen and oxygen atoms in total. The van der Waals surface area contributed by atoms with E-state index in [1.807, 2.05) is 36.5 Å². The van der Waals surface area contributed by atoms with Crippen molar-refractivity contribution in [3.8, 4) is 17.1 Å². The Morgan fingerprint density at radius 3 is 2.60 bits per heavy atom. The molecule has 0 radical (unpaired) electrons. The zero-order valence-corrected chi connectivity index (χ0v) is 11.4. The summed E-state index contributed by atoms with van der Waals surface area (Å²) in [5, 5.41) is 7.21. The van der Waals surface area contributed by atoms with Gasteiger partial charge < -0.3 is 5.32 Å². The second-order valence-electron chi connectivity index (χ2n) is 4.02. The molecular formula is C13H11ClN6. The van der Waals surface area contributed by atoms with E-state index in [1.54, 1.807) is 17.9 Å². The maximum absolute atomic E-state index is 5.86.